The second-order valence-corrected chi connectivity index (χ2v) is 3.87. The molecule has 0 spiro atoms. The van der Waals surface area contributed by atoms with Crippen LogP contribution in [0.25, 0.3) is 0 Å². The van der Waals surface area contributed by atoms with Crippen molar-refractivity contribution in [3.05, 3.63) is 29.6 Å². The Morgan fingerprint density at radius 3 is 2.86 bits per heavy atom. The molecule has 14 heavy (non-hydrogen) atoms. The van der Waals surface area contributed by atoms with Crippen molar-refractivity contribution in [3.8, 4) is 0 Å². The first-order valence-electron chi connectivity index (χ1n) is 5.17. The van der Waals surface area contributed by atoms with E-state index in [1.165, 1.54) is 30.6 Å². The third-order valence-corrected chi connectivity index (χ3v) is 2.99. The fourth-order valence-corrected chi connectivity index (χ4v) is 1.95. The van der Waals surface area contributed by atoms with Gasteiger partial charge in [0.2, 0.25) is 0 Å². The molecule has 1 saturated heterocycles. The molecule has 2 N–H and O–H groups in total. The van der Waals surface area contributed by atoms with Crippen LogP contribution in [0.2, 0.25) is 0 Å². The third-order valence-electron chi connectivity index (χ3n) is 2.99. The van der Waals surface area contributed by atoms with Gasteiger partial charge in [0, 0.05) is 38.1 Å². The Hall–Kier alpha value is -0.930. The lowest BCUT2D eigenvalue weighted by atomic mass is 9.99. The van der Waals surface area contributed by atoms with Crippen LogP contribution in [-0.2, 0) is 0 Å². The number of likely N-dealkylation sites (tertiary alicyclic amines) is 1. The summed E-state index contributed by atoms with van der Waals surface area (Å²) in [6.07, 6.45) is 5.09. The fourth-order valence-electron chi connectivity index (χ4n) is 1.95. The minimum absolute atomic E-state index is 0.373. The summed E-state index contributed by atoms with van der Waals surface area (Å²) in [5.41, 5.74) is 8.40. The predicted molar refractivity (Wildman–Crippen MR) is 57.0 cm³/mol. The molecule has 0 aliphatic carbocycles. The van der Waals surface area contributed by atoms with Crippen LogP contribution in [-0.4, -0.2) is 29.5 Å². The van der Waals surface area contributed by atoms with Gasteiger partial charge >= 0.3 is 0 Å². The molecule has 2 heterocycles. The zero-order valence-corrected chi connectivity index (χ0v) is 8.61. The number of aryl methyl sites for hydroxylation is 1. The maximum Gasteiger partial charge on any atom is 0.0488 e. The van der Waals surface area contributed by atoms with Crippen LogP contribution in [0.5, 0.6) is 0 Å². The van der Waals surface area contributed by atoms with Crippen LogP contribution < -0.4 is 5.73 Å². The summed E-state index contributed by atoms with van der Waals surface area (Å²) >= 11 is 0. The molecular weight excluding hydrogens is 174 g/mol. The molecule has 0 bridgehead atoms. The lowest BCUT2D eigenvalue weighted by molar-refractivity contribution is 0.121. The molecule has 1 unspecified atom stereocenters. The van der Waals surface area contributed by atoms with Crippen molar-refractivity contribution in [1.82, 2.24) is 9.88 Å². The molecule has 1 fully saturated rings. The molecule has 3 heteroatoms. The lowest BCUT2D eigenvalue weighted by Gasteiger charge is -2.38. The van der Waals surface area contributed by atoms with E-state index in [1.807, 2.05) is 12.4 Å². The molecule has 2 rings (SSSR count). The summed E-state index contributed by atoms with van der Waals surface area (Å²) in [7, 11) is 0. The molecule has 1 atom stereocenters. The van der Waals surface area contributed by atoms with Crippen molar-refractivity contribution in [2.75, 3.05) is 19.6 Å². The summed E-state index contributed by atoms with van der Waals surface area (Å²) in [4.78, 5) is 6.59. The highest BCUT2D eigenvalue weighted by Gasteiger charge is 2.25. The van der Waals surface area contributed by atoms with Gasteiger partial charge in [-0.3, -0.25) is 9.88 Å². The van der Waals surface area contributed by atoms with Gasteiger partial charge in [-0.2, -0.15) is 0 Å². The topological polar surface area (TPSA) is 42.1 Å². The van der Waals surface area contributed by atoms with E-state index in [2.05, 4.69) is 22.9 Å². The molecule has 1 aromatic rings. The summed E-state index contributed by atoms with van der Waals surface area (Å²) in [5.74, 6) is 0. The minimum atomic E-state index is 0.373. The molecule has 1 aliphatic heterocycles. The molecule has 1 aliphatic rings. The molecular formula is C11H17N3. The normalized spacial score (nSPS) is 19.0. The van der Waals surface area contributed by atoms with Gasteiger partial charge in [0.25, 0.3) is 0 Å². The third kappa shape index (κ3) is 1.65. The molecule has 0 radical (unpaired) electrons. The van der Waals surface area contributed by atoms with E-state index in [1.54, 1.807) is 0 Å². The van der Waals surface area contributed by atoms with Crippen molar-refractivity contribution in [3.63, 3.8) is 0 Å². The first kappa shape index (κ1) is 9.62. The van der Waals surface area contributed by atoms with Gasteiger partial charge in [-0.05, 0) is 30.5 Å². The van der Waals surface area contributed by atoms with E-state index in [4.69, 9.17) is 5.73 Å². The van der Waals surface area contributed by atoms with Gasteiger partial charge < -0.3 is 5.73 Å². The largest absolute Gasteiger partial charge is 0.329 e. The Morgan fingerprint density at radius 2 is 2.36 bits per heavy atom. The van der Waals surface area contributed by atoms with E-state index >= 15 is 0 Å². The molecule has 0 aromatic carbocycles. The van der Waals surface area contributed by atoms with E-state index in [9.17, 15) is 0 Å². The summed E-state index contributed by atoms with van der Waals surface area (Å²) in [5, 5.41) is 0. The molecule has 0 saturated carbocycles. The molecule has 3 nitrogen and oxygen atoms in total. The van der Waals surface area contributed by atoms with Crippen molar-refractivity contribution < 1.29 is 0 Å². The van der Waals surface area contributed by atoms with Crippen LogP contribution in [0, 0.1) is 6.92 Å². The first-order valence-corrected chi connectivity index (χ1v) is 5.17. The van der Waals surface area contributed by atoms with Crippen molar-refractivity contribution >= 4 is 0 Å². The maximum atomic E-state index is 5.81. The van der Waals surface area contributed by atoms with Crippen LogP contribution in [0.15, 0.2) is 18.5 Å². The lowest BCUT2D eigenvalue weighted by Crippen LogP contribution is -2.43. The van der Waals surface area contributed by atoms with Crippen molar-refractivity contribution in [1.29, 1.82) is 0 Å². The molecule has 1 aromatic heterocycles. The van der Waals surface area contributed by atoms with Crippen LogP contribution >= 0.6 is 0 Å². The quantitative estimate of drug-likeness (QED) is 0.777. The molecule has 0 amide bonds. The highest BCUT2D eigenvalue weighted by Crippen LogP contribution is 2.25. The van der Waals surface area contributed by atoms with Gasteiger partial charge in [0.1, 0.15) is 0 Å². The second kappa shape index (κ2) is 4.07. The average Bonchev–Trinajstić information content (AvgIpc) is 2.12. The fraction of sp³-hybridized carbons (Fsp3) is 0.545. The zero-order chi connectivity index (χ0) is 9.97. The predicted octanol–water partition coefficient (Wildman–Crippen LogP) is 1.10. The van der Waals surface area contributed by atoms with Gasteiger partial charge in [0.05, 0.1) is 0 Å². The number of nitrogens with two attached hydrogens (primary N) is 1. The first-order chi connectivity index (χ1) is 6.83. The van der Waals surface area contributed by atoms with Crippen LogP contribution in [0.4, 0.5) is 0 Å². The summed E-state index contributed by atoms with van der Waals surface area (Å²) < 4.78 is 0. The van der Waals surface area contributed by atoms with E-state index < -0.39 is 0 Å². The van der Waals surface area contributed by atoms with Gasteiger partial charge in [-0.1, -0.05) is 0 Å². The van der Waals surface area contributed by atoms with Gasteiger partial charge in [0.15, 0.2) is 0 Å². The second-order valence-electron chi connectivity index (χ2n) is 3.87. The minimum Gasteiger partial charge on any atom is -0.329 e. The Kier molecular flexibility index (Phi) is 2.79. The number of pyridine rings is 1. The van der Waals surface area contributed by atoms with Crippen molar-refractivity contribution in [2.45, 2.75) is 19.4 Å². The number of aromatic nitrogens is 1. The average molecular weight is 191 g/mol. The monoisotopic (exact) mass is 191 g/mol. The van der Waals surface area contributed by atoms with E-state index in [-0.39, 0.29) is 0 Å². The van der Waals surface area contributed by atoms with Crippen LogP contribution in [0.1, 0.15) is 23.6 Å². The SMILES string of the molecule is Cc1ccncc1C(CN)N1CCC1. The zero-order valence-electron chi connectivity index (χ0n) is 8.61. The number of nitrogens with zero attached hydrogens (tertiary/aromatic N) is 2. The van der Waals surface area contributed by atoms with Gasteiger partial charge in [-0.15, -0.1) is 0 Å². The highest BCUT2D eigenvalue weighted by molar-refractivity contribution is 5.25. The standard InChI is InChI=1S/C11H17N3/c1-9-3-4-13-8-10(9)11(7-12)14-5-2-6-14/h3-4,8,11H,2,5-7,12H2,1H3. The summed E-state index contributed by atoms with van der Waals surface area (Å²) in [6.45, 7) is 5.17. The van der Waals surface area contributed by atoms with E-state index in [0.29, 0.717) is 12.6 Å². The number of hydrogen-bond donors (Lipinski definition) is 1. The number of hydrogen-bond acceptors (Lipinski definition) is 3. The van der Waals surface area contributed by atoms with E-state index in [0.717, 1.165) is 0 Å². The number of rotatable bonds is 3. The highest BCUT2D eigenvalue weighted by atomic mass is 15.2. The smallest absolute Gasteiger partial charge is 0.0488 e. The molecule has 76 valence electrons. The summed E-state index contributed by atoms with van der Waals surface area (Å²) in [6, 6.07) is 2.43. The Labute approximate surface area is 84.9 Å². The Morgan fingerprint density at radius 1 is 1.57 bits per heavy atom. The van der Waals surface area contributed by atoms with Crippen LogP contribution in [0.3, 0.4) is 0 Å². The Bertz CT molecular complexity index is 307. The van der Waals surface area contributed by atoms with Crippen molar-refractivity contribution in [2.24, 2.45) is 5.73 Å². The maximum absolute atomic E-state index is 5.81. The van der Waals surface area contributed by atoms with Gasteiger partial charge in [-0.25, -0.2) is 0 Å². The Balaban J connectivity index is 2.22.